The molecule has 0 unspecified atom stereocenters. The minimum Gasteiger partial charge on any atom is -0.543 e. The molecule has 0 bridgehead atoms. The van der Waals surface area contributed by atoms with E-state index < -0.39 is 11.9 Å². The lowest BCUT2D eigenvalue weighted by Crippen LogP contribution is -2.34. The second-order valence-electron chi connectivity index (χ2n) is 4.49. The molecule has 0 aliphatic rings. The van der Waals surface area contributed by atoms with Crippen LogP contribution in [-0.4, -0.2) is 11.9 Å². The van der Waals surface area contributed by atoms with Crippen LogP contribution in [0.2, 0.25) is 0 Å². The summed E-state index contributed by atoms with van der Waals surface area (Å²) in [5.74, 6) is -1.97. The topological polar surface area (TPSA) is 69.2 Å². The van der Waals surface area contributed by atoms with Crippen molar-refractivity contribution in [3.8, 4) is 0 Å². The summed E-state index contributed by atoms with van der Waals surface area (Å²) in [6.07, 6.45) is 4.23. The second-order valence-corrected chi connectivity index (χ2v) is 4.49. The summed E-state index contributed by atoms with van der Waals surface area (Å²) < 4.78 is 0. The van der Waals surface area contributed by atoms with Gasteiger partial charge in [0.05, 0.1) is 11.7 Å². The van der Waals surface area contributed by atoms with Crippen molar-refractivity contribution >= 4 is 24.0 Å². The van der Waals surface area contributed by atoms with Gasteiger partial charge >= 0.3 is 0 Å². The highest BCUT2D eigenvalue weighted by Crippen LogP contribution is 2.05. The minimum absolute atomic E-state index is 0.283. The lowest BCUT2D eigenvalue weighted by atomic mass is 10.2. The zero-order chi connectivity index (χ0) is 15.8. The Morgan fingerprint density at radius 2 is 1.41 bits per heavy atom. The van der Waals surface area contributed by atoms with Crippen LogP contribution in [0.25, 0.3) is 12.2 Å². The summed E-state index contributed by atoms with van der Waals surface area (Å²) in [4.78, 5) is 22.9. The molecule has 22 heavy (non-hydrogen) atoms. The van der Waals surface area contributed by atoms with Crippen LogP contribution in [0.5, 0.6) is 0 Å². The molecule has 110 valence electrons. The summed E-state index contributed by atoms with van der Waals surface area (Å²) in [7, 11) is 0. The average molecular weight is 292 g/mol. The number of carboxylic acids is 1. The molecule has 0 atom stereocenters. The van der Waals surface area contributed by atoms with Crippen LogP contribution in [0.3, 0.4) is 0 Å². The van der Waals surface area contributed by atoms with Gasteiger partial charge in [0.2, 0.25) is 5.91 Å². The molecule has 0 aliphatic heterocycles. The molecule has 0 aliphatic carbocycles. The molecule has 4 heteroatoms. The molecule has 1 N–H and O–H groups in total. The molecule has 4 nitrogen and oxygen atoms in total. The van der Waals surface area contributed by atoms with Crippen LogP contribution in [-0.2, 0) is 9.59 Å². The van der Waals surface area contributed by atoms with Crippen molar-refractivity contribution in [2.24, 2.45) is 0 Å². The first kappa shape index (κ1) is 15.3. The first-order valence-electron chi connectivity index (χ1n) is 6.67. The van der Waals surface area contributed by atoms with Gasteiger partial charge in [0.15, 0.2) is 0 Å². The first-order valence-corrected chi connectivity index (χ1v) is 6.67. The van der Waals surface area contributed by atoms with E-state index in [0.29, 0.717) is 5.56 Å². The Hall–Kier alpha value is -3.14. The van der Waals surface area contributed by atoms with Gasteiger partial charge in [-0.05, 0) is 23.3 Å². The fourth-order valence-corrected chi connectivity index (χ4v) is 1.77. The Balaban J connectivity index is 2.08. The van der Waals surface area contributed by atoms with Crippen molar-refractivity contribution in [1.82, 2.24) is 5.32 Å². The number of nitrogens with one attached hydrogen (secondary N) is 1. The van der Waals surface area contributed by atoms with E-state index in [0.717, 1.165) is 5.56 Å². The van der Waals surface area contributed by atoms with Crippen LogP contribution in [0.15, 0.2) is 72.4 Å². The Kier molecular flexibility index (Phi) is 5.26. The maximum Gasteiger partial charge on any atom is 0.248 e. The van der Waals surface area contributed by atoms with Crippen molar-refractivity contribution in [3.05, 3.63) is 83.6 Å². The van der Waals surface area contributed by atoms with E-state index in [1.807, 2.05) is 36.4 Å². The monoisotopic (exact) mass is 292 g/mol. The molecule has 2 rings (SSSR count). The Bertz CT molecular complexity index is 704. The molecule has 0 spiro atoms. The molecule has 2 aromatic rings. The number of rotatable bonds is 5. The lowest BCUT2D eigenvalue weighted by Gasteiger charge is -2.09. The highest BCUT2D eigenvalue weighted by Gasteiger charge is 2.03. The van der Waals surface area contributed by atoms with Gasteiger partial charge in [0, 0.05) is 6.08 Å². The molecule has 2 aromatic carbocycles. The number of hydrogen-bond donors (Lipinski definition) is 1. The number of benzene rings is 2. The van der Waals surface area contributed by atoms with E-state index in [-0.39, 0.29) is 5.70 Å². The second kappa shape index (κ2) is 7.59. The summed E-state index contributed by atoms with van der Waals surface area (Å²) in [6, 6.07) is 18.1. The smallest absolute Gasteiger partial charge is 0.248 e. The number of amides is 1. The van der Waals surface area contributed by atoms with Crippen molar-refractivity contribution in [2.75, 3.05) is 0 Å². The molecular weight excluding hydrogens is 278 g/mol. The van der Waals surface area contributed by atoms with E-state index in [4.69, 9.17) is 0 Å². The van der Waals surface area contributed by atoms with Gasteiger partial charge in [-0.25, -0.2) is 0 Å². The number of carboxylic acid groups (broad SMARTS) is 1. The maximum atomic E-state index is 11.8. The van der Waals surface area contributed by atoms with E-state index in [1.165, 1.54) is 12.2 Å². The molecule has 0 fully saturated rings. The van der Waals surface area contributed by atoms with Crippen LogP contribution in [0.4, 0.5) is 0 Å². The molecule has 1 amide bonds. The van der Waals surface area contributed by atoms with Gasteiger partial charge in [0.1, 0.15) is 0 Å². The summed E-state index contributed by atoms with van der Waals surface area (Å²) >= 11 is 0. The number of aliphatic carboxylic acids is 1. The van der Waals surface area contributed by atoms with Gasteiger partial charge in [-0.1, -0.05) is 60.7 Å². The van der Waals surface area contributed by atoms with Crippen molar-refractivity contribution in [3.63, 3.8) is 0 Å². The van der Waals surface area contributed by atoms with Gasteiger partial charge in [-0.3, -0.25) is 4.79 Å². The zero-order valence-electron chi connectivity index (χ0n) is 11.7. The quantitative estimate of drug-likeness (QED) is 0.851. The van der Waals surface area contributed by atoms with E-state index >= 15 is 0 Å². The van der Waals surface area contributed by atoms with Gasteiger partial charge < -0.3 is 15.2 Å². The standard InChI is InChI=1S/C18H15NO3/c20-17(12-11-14-7-3-1-4-8-14)19-16(18(21)22)13-15-9-5-2-6-10-15/h1-13H,(H,19,20)(H,21,22)/p-1/b12-11+,16-13+. The highest BCUT2D eigenvalue weighted by molar-refractivity contribution is 6.00. The Morgan fingerprint density at radius 3 is 1.95 bits per heavy atom. The zero-order valence-corrected chi connectivity index (χ0v) is 11.7. The first-order chi connectivity index (χ1) is 10.6. The summed E-state index contributed by atoms with van der Waals surface area (Å²) in [5, 5.41) is 13.4. The van der Waals surface area contributed by atoms with E-state index in [2.05, 4.69) is 5.32 Å². The van der Waals surface area contributed by atoms with E-state index in [9.17, 15) is 14.7 Å². The van der Waals surface area contributed by atoms with Crippen LogP contribution in [0.1, 0.15) is 11.1 Å². The summed E-state index contributed by atoms with van der Waals surface area (Å²) in [5.41, 5.74) is 1.22. The molecule has 0 radical (unpaired) electrons. The minimum atomic E-state index is -1.44. The van der Waals surface area contributed by atoms with Crippen molar-refractivity contribution in [2.45, 2.75) is 0 Å². The molecule has 0 saturated carbocycles. The number of carbonyl (C=O) groups is 2. The average Bonchev–Trinajstić information content (AvgIpc) is 2.54. The van der Waals surface area contributed by atoms with Crippen LogP contribution in [0, 0.1) is 0 Å². The normalized spacial score (nSPS) is 11.4. The predicted molar refractivity (Wildman–Crippen MR) is 83.0 cm³/mol. The Morgan fingerprint density at radius 1 is 0.864 bits per heavy atom. The van der Waals surface area contributed by atoms with E-state index in [1.54, 1.807) is 30.3 Å². The van der Waals surface area contributed by atoms with Gasteiger partial charge in [-0.2, -0.15) is 0 Å². The number of hydrogen-bond acceptors (Lipinski definition) is 3. The fraction of sp³-hybridized carbons (Fsp3) is 0. The van der Waals surface area contributed by atoms with Crippen LogP contribution < -0.4 is 10.4 Å². The van der Waals surface area contributed by atoms with Crippen LogP contribution >= 0.6 is 0 Å². The highest BCUT2D eigenvalue weighted by atomic mass is 16.4. The third-order valence-electron chi connectivity index (χ3n) is 2.82. The lowest BCUT2D eigenvalue weighted by molar-refractivity contribution is -0.299. The van der Waals surface area contributed by atoms with Crippen molar-refractivity contribution in [1.29, 1.82) is 0 Å². The molecule has 0 aromatic heterocycles. The SMILES string of the molecule is O=C(/C=C/c1ccccc1)N/C(=C/c1ccccc1)C(=O)[O-]. The van der Waals surface area contributed by atoms with Gasteiger partial charge in [0.25, 0.3) is 0 Å². The molecular formula is C18H14NO3-. The predicted octanol–water partition coefficient (Wildman–Crippen LogP) is 1.61. The molecule has 0 heterocycles. The number of carbonyl (C=O) groups excluding carboxylic acids is 2. The summed E-state index contributed by atoms with van der Waals surface area (Å²) in [6.45, 7) is 0. The maximum absolute atomic E-state index is 11.8. The molecule has 0 saturated heterocycles. The van der Waals surface area contributed by atoms with Gasteiger partial charge in [-0.15, -0.1) is 0 Å². The third kappa shape index (κ3) is 4.76. The van der Waals surface area contributed by atoms with Crippen molar-refractivity contribution < 1.29 is 14.7 Å². The third-order valence-corrected chi connectivity index (χ3v) is 2.82. The fourth-order valence-electron chi connectivity index (χ4n) is 1.77. The Labute approximate surface area is 128 Å². The largest absolute Gasteiger partial charge is 0.543 e.